The number of fused-ring (bicyclic) bond motifs is 16. The molecule has 0 amide bonds. The third-order valence-electron chi connectivity index (χ3n) is 15.2. The van der Waals surface area contributed by atoms with Gasteiger partial charge in [0.05, 0.1) is 39.6 Å². The SMILES string of the molecule is C1=C(c2ccccc2)N(c2ccccc2)C2=C(c3ccccc3)N=C(n3c4ccc(-c5ccc6c(c5)C5(c7ccccc7-c7ccccc75)c5ccccc5-6)cc4c4c5ccccc5ccc43)NC12. The molecule has 0 radical (unpaired) electrons. The van der Waals surface area contributed by atoms with Crippen molar-refractivity contribution in [1.29, 1.82) is 0 Å². The van der Waals surface area contributed by atoms with Gasteiger partial charge in [-0.3, -0.25) is 4.57 Å². The van der Waals surface area contributed by atoms with E-state index in [1.165, 1.54) is 77.2 Å². The quantitative estimate of drug-likeness (QED) is 0.191. The first-order valence-corrected chi connectivity index (χ1v) is 23.9. The van der Waals surface area contributed by atoms with Crippen LogP contribution in [0.2, 0.25) is 0 Å². The number of nitrogens with one attached hydrogen (secondary N) is 1. The number of aromatic nitrogens is 1. The molecule has 1 N–H and O–H groups in total. The molecule has 2 aliphatic carbocycles. The number of rotatable bonds is 4. The van der Waals surface area contributed by atoms with Crippen LogP contribution in [0.15, 0.2) is 253 Å². The largest absolute Gasteiger partial charge is 0.343 e. The zero-order valence-corrected chi connectivity index (χ0v) is 37.5. The number of anilines is 1. The summed E-state index contributed by atoms with van der Waals surface area (Å²) in [4.78, 5) is 8.10. The molecule has 3 heterocycles. The van der Waals surface area contributed by atoms with E-state index in [1.807, 2.05) is 0 Å². The second kappa shape index (κ2) is 14.5. The lowest BCUT2D eigenvalue weighted by Gasteiger charge is -2.32. The van der Waals surface area contributed by atoms with Crippen LogP contribution in [0.1, 0.15) is 33.4 Å². The Hall–Kier alpha value is -8.99. The van der Waals surface area contributed by atoms with Gasteiger partial charge in [0.15, 0.2) is 0 Å². The summed E-state index contributed by atoms with van der Waals surface area (Å²) in [5.74, 6) is 0.792. The highest BCUT2D eigenvalue weighted by Crippen LogP contribution is 2.63. The lowest BCUT2D eigenvalue weighted by atomic mass is 9.70. The zero-order chi connectivity index (χ0) is 45.2. The first-order chi connectivity index (χ1) is 34.2. The Morgan fingerprint density at radius 3 is 1.67 bits per heavy atom. The van der Waals surface area contributed by atoms with E-state index in [0.717, 1.165) is 50.9 Å². The molecule has 4 nitrogen and oxygen atoms in total. The molecule has 4 heteroatoms. The third-order valence-corrected chi connectivity index (χ3v) is 15.2. The minimum absolute atomic E-state index is 0.163. The van der Waals surface area contributed by atoms with Crippen molar-refractivity contribution < 1.29 is 0 Å². The van der Waals surface area contributed by atoms with Crippen LogP contribution in [0.4, 0.5) is 5.69 Å². The first-order valence-electron chi connectivity index (χ1n) is 23.9. The molecule has 322 valence electrons. The molecular formula is C65H42N4. The average molecular weight is 879 g/mol. The zero-order valence-electron chi connectivity index (χ0n) is 37.5. The van der Waals surface area contributed by atoms with Crippen LogP contribution < -0.4 is 10.2 Å². The Kier molecular flexibility index (Phi) is 8.02. The number of aliphatic imine (C=N–C) groups is 1. The van der Waals surface area contributed by atoms with Gasteiger partial charge in [-0.15, -0.1) is 0 Å². The van der Waals surface area contributed by atoms with Crippen molar-refractivity contribution in [2.24, 2.45) is 4.99 Å². The predicted molar refractivity (Wildman–Crippen MR) is 285 cm³/mol. The standard InChI is InChI=1S/C65H42N4/c1-4-19-42(20-5-1)60-40-57-63(68(60)46-23-8-3-9-24-46)62(43-21-6-2-7-22-43)67-64(66-57)69-58-36-34-44(38-52(58)61-47-25-11-10-18-41(47)33-37-59(61)69)45-32-35-51-50-28-14-17-31-55(50)65(56(51)39-45)53-29-15-12-26-48(53)49-27-13-16-30-54(49)65/h1-40,57H,(H,66,67). The lowest BCUT2D eigenvalue weighted by molar-refractivity contribution is 0.794. The lowest BCUT2D eigenvalue weighted by Crippen LogP contribution is -2.43. The minimum atomic E-state index is -0.412. The van der Waals surface area contributed by atoms with E-state index >= 15 is 0 Å². The van der Waals surface area contributed by atoms with E-state index in [0.29, 0.717) is 0 Å². The fraction of sp³-hybridized carbons (Fsp3) is 0.0308. The van der Waals surface area contributed by atoms with E-state index in [-0.39, 0.29) is 6.04 Å². The van der Waals surface area contributed by atoms with Gasteiger partial charge >= 0.3 is 0 Å². The molecule has 4 aliphatic rings. The molecule has 0 saturated carbocycles. The van der Waals surface area contributed by atoms with Crippen LogP contribution in [0.3, 0.4) is 0 Å². The third kappa shape index (κ3) is 5.31. The topological polar surface area (TPSA) is 32.6 Å². The summed E-state index contributed by atoms with van der Waals surface area (Å²) in [6.45, 7) is 0. The van der Waals surface area contributed by atoms with Gasteiger partial charge in [-0.05, 0) is 114 Å². The highest BCUT2D eigenvalue weighted by Gasteiger charge is 2.51. The van der Waals surface area contributed by atoms with Gasteiger partial charge in [-0.25, -0.2) is 4.99 Å². The van der Waals surface area contributed by atoms with Crippen molar-refractivity contribution in [2.75, 3.05) is 4.90 Å². The van der Waals surface area contributed by atoms with E-state index in [4.69, 9.17) is 4.99 Å². The van der Waals surface area contributed by atoms with Crippen LogP contribution in [0.25, 0.3) is 77.4 Å². The molecule has 69 heavy (non-hydrogen) atoms. The number of hydrogen-bond donors (Lipinski definition) is 1. The van der Waals surface area contributed by atoms with Gasteiger partial charge in [0, 0.05) is 22.0 Å². The van der Waals surface area contributed by atoms with E-state index in [1.54, 1.807) is 0 Å². The Labute approximate surface area is 400 Å². The summed E-state index contributed by atoms with van der Waals surface area (Å²) in [5.41, 5.74) is 21.3. The highest BCUT2D eigenvalue weighted by molar-refractivity contribution is 6.24. The Morgan fingerprint density at radius 2 is 0.971 bits per heavy atom. The van der Waals surface area contributed by atoms with Gasteiger partial charge in [-0.1, -0.05) is 200 Å². The Balaban J connectivity index is 0.954. The maximum atomic E-state index is 5.71. The second-order valence-electron chi connectivity index (χ2n) is 18.6. The summed E-state index contributed by atoms with van der Waals surface area (Å²) in [7, 11) is 0. The van der Waals surface area contributed by atoms with Crippen molar-refractivity contribution in [3.63, 3.8) is 0 Å². The second-order valence-corrected chi connectivity index (χ2v) is 18.6. The normalized spacial score (nSPS) is 16.0. The molecule has 0 fully saturated rings. The number of hydrogen-bond acceptors (Lipinski definition) is 3. The molecule has 1 aromatic heterocycles. The molecule has 10 aromatic carbocycles. The number of benzene rings is 10. The van der Waals surface area contributed by atoms with Crippen molar-refractivity contribution in [3.8, 4) is 33.4 Å². The summed E-state index contributed by atoms with van der Waals surface area (Å²) in [5, 5.41) is 8.84. The van der Waals surface area contributed by atoms with Crippen LogP contribution in [0, 0.1) is 0 Å². The van der Waals surface area contributed by atoms with Crippen molar-refractivity contribution in [2.45, 2.75) is 11.5 Å². The van der Waals surface area contributed by atoms with Gasteiger partial charge in [0.25, 0.3) is 0 Å². The molecule has 1 atom stereocenters. The molecule has 1 spiro atoms. The van der Waals surface area contributed by atoms with Crippen LogP contribution in [-0.4, -0.2) is 16.6 Å². The van der Waals surface area contributed by atoms with E-state index in [2.05, 4.69) is 257 Å². The summed E-state index contributed by atoms with van der Waals surface area (Å²) in [6, 6.07) is 86.6. The molecule has 2 aliphatic heterocycles. The molecule has 11 aromatic rings. The summed E-state index contributed by atoms with van der Waals surface area (Å²) in [6.07, 6.45) is 2.37. The Bertz CT molecular complexity index is 3980. The maximum Gasteiger partial charge on any atom is 0.209 e. The van der Waals surface area contributed by atoms with Crippen LogP contribution in [0.5, 0.6) is 0 Å². The first kappa shape index (κ1) is 38.1. The maximum absolute atomic E-state index is 5.71. The fourth-order valence-electron chi connectivity index (χ4n) is 12.4. The Morgan fingerprint density at radius 1 is 0.420 bits per heavy atom. The van der Waals surface area contributed by atoms with E-state index in [9.17, 15) is 0 Å². The van der Waals surface area contributed by atoms with E-state index < -0.39 is 5.41 Å². The van der Waals surface area contributed by atoms with Crippen molar-refractivity contribution in [1.82, 2.24) is 9.88 Å². The fourth-order valence-corrected chi connectivity index (χ4v) is 12.4. The summed E-state index contributed by atoms with van der Waals surface area (Å²) < 4.78 is 2.36. The molecule has 15 rings (SSSR count). The smallest absolute Gasteiger partial charge is 0.209 e. The van der Waals surface area contributed by atoms with Gasteiger partial charge in [0.2, 0.25) is 5.96 Å². The number of para-hydroxylation sites is 1. The monoisotopic (exact) mass is 878 g/mol. The average Bonchev–Trinajstić information content (AvgIpc) is 4.15. The van der Waals surface area contributed by atoms with Gasteiger partial charge in [0.1, 0.15) is 0 Å². The van der Waals surface area contributed by atoms with Crippen molar-refractivity contribution in [3.05, 3.63) is 282 Å². The predicted octanol–water partition coefficient (Wildman–Crippen LogP) is 15.1. The highest BCUT2D eigenvalue weighted by atomic mass is 15.3. The van der Waals surface area contributed by atoms with Gasteiger partial charge < -0.3 is 10.2 Å². The molecule has 1 unspecified atom stereocenters. The molecular weight excluding hydrogens is 837 g/mol. The molecule has 0 bridgehead atoms. The van der Waals surface area contributed by atoms with Crippen LogP contribution >= 0.6 is 0 Å². The van der Waals surface area contributed by atoms with Gasteiger partial charge in [-0.2, -0.15) is 0 Å². The minimum Gasteiger partial charge on any atom is -0.343 e. The number of nitrogens with zero attached hydrogens (tertiary/aromatic N) is 3. The van der Waals surface area contributed by atoms with Crippen LogP contribution in [-0.2, 0) is 5.41 Å². The summed E-state index contributed by atoms with van der Waals surface area (Å²) >= 11 is 0. The molecule has 0 saturated heterocycles. The van der Waals surface area contributed by atoms with Crippen molar-refractivity contribution >= 4 is 55.6 Å².